The van der Waals surface area contributed by atoms with Gasteiger partial charge >= 0.3 is 11.9 Å². The van der Waals surface area contributed by atoms with Crippen LogP contribution < -0.4 is 0 Å². The summed E-state index contributed by atoms with van der Waals surface area (Å²) in [7, 11) is 0. The maximum atomic E-state index is 11.0. The molecule has 0 aliphatic heterocycles. The van der Waals surface area contributed by atoms with Gasteiger partial charge in [-0.2, -0.15) is 0 Å². The Bertz CT molecular complexity index is 468. The van der Waals surface area contributed by atoms with E-state index in [0.29, 0.717) is 5.57 Å². The summed E-state index contributed by atoms with van der Waals surface area (Å²) < 4.78 is 0. The third kappa shape index (κ3) is 3.79. The van der Waals surface area contributed by atoms with Gasteiger partial charge in [0.15, 0.2) is 0 Å². The van der Waals surface area contributed by atoms with E-state index in [-0.39, 0.29) is 11.0 Å². The largest absolute Gasteiger partial charge is 0.478 e. The van der Waals surface area contributed by atoms with Gasteiger partial charge in [-0.05, 0) is 75.5 Å². The lowest BCUT2D eigenvalue weighted by molar-refractivity contribution is -0.133. The normalized spacial score (nSPS) is 35.5. The molecule has 0 aromatic heterocycles. The molecule has 0 amide bonds. The SMILES string of the molecule is C=C(C)C(=O)O.CC(=CC12CC3CC(CC(C3)C1)C2)C(=O)O. The quantitative estimate of drug-likeness (QED) is 0.776. The van der Waals surface area contributed by atoms with Crippen molar-refractivity contribution in [3.8, 4) is 0 Å². The number of carbonyl (C=O) groups is 2. The summed E-state index contributed by atoms with van der Waals surface area (Å²) in [5.41, 5.74) is 0.994. The van der Waals surface area contributed by atoms with Crippen molar-refractivity contribution in [3.05, 3.63) is 23.8 Å². The zero-order valence-corrected chi connectivity index (χ0v) is 13.5. The number of rotatable bonds is 3. The van der Waals surface area contributed by atoms with Gasteiger partial charge in [0, 0.05) is 11.1 Å². The fourth-order valence-corrected chi connectivity index (χ4v) is 4.88. The summed E-state index contributed by atoms with van der Waals surface area (Å²) in [4.78, 5) is 20.6. The molecule has 0 aromatic rings. The number of hydrogen-bond acceptors (Lipinski definition) is 2. The predicted molar refractivity (Wildman–Crippen MR) is 84.4 cm³/mol. The highest BCUT2D eigenvalue weighted by Gasteiger charge is 2.49. The molecule has 0 atom stereocenters. The molecule has 4 saturated carbocycles. The van der Waals surface area contributed by atoms with E-state index in [2.05, 4.69) is 12.7 Å². The molecule has 4 nitrogen and oxygen atoms in total. The molecule has 4 fully saturated rings. The molecular weight excluding hydrogens is 280 g/mol. The molecule has 4 aliphatic carbocycles. The zero-order chi connectivity index (χ0) is 16.5. The Balaban J connectivity index is 0.000000254. The Labute approximate surface area is 131 Å². The Morgan fingerprint density at radius 1 is 0.955 bits per heavy atom. The van der Waals surface area contributed by atoms with Crippen molar-refractivity contribution >= 4 is 11.9 Å². The minimum Gasteiger partial charge on any atom is -0.478 e. The predicted octanol–water partition coefficient (Wildman–Crippen LogP) is 3.88. The van der Waals surface area contributed by atoms with Crippen molar-refractivity contribution in [1.29, 1.82) is 0 Å². The molecule has 0 spiro atoms. The zero-order valence-electron chi connectivity index (χ0n) is 13.5. The van der Waals surface area contributed by atoms with Gasteiger partial charge in [-0.1, -0.05) is 12.7 Å². The second-order valence-corrected chi connectivity index (χ2v) is 7.50. The molecule has 0 unspecified atom stereocenters. The highest BCUT2D eigenvalue weighted by molar-refractivity contribution is 5.86. The van der Waals surface area contributed by atoms with Crippen molar-refractivity contribution in [2.45, 2.75) is 52.4 Å². The lowest BCUT2D eigenvalue weighted by atomic mass is 9.49. The van der Waals surface area contributed by atoms with Crippen LogP contribution in [0.4, 0.5) is 0 Å². The van der Waals surface area contributed by atoms with Gasteiger partial charge < -0.3 is 10.2 Å². The molecule has 2 N–H and O–H groups in total. The summed E-state index contributed by atoms with van der Waals surface area (Å²) in [6.45, 7) is 6.35. The van der Waals surface area contributed by atoms with Crippen LogP contribution in [0.3, 0.4) is 0 Å². The number of carboxylic acid groups (broad SMARTS) is 2. The Hall–Kier alpha value is -1.58. The van der Waals surface area contributed by atoms with E-state index < -0.39 is 11.9 Å². The minimum atomic E-state index is -0.935. The van der Waals surface area contributed by atoms with Crippen LogP contribution in [0.25, 0.3) is 0 Å². The van der Waals surface area contributed by atoms with Gasteiger partial charge in [-0.3, -0.25) is 0 Å². The van der Waals surface area contributed by atoms with E-state index in [0.717, 1.165) is 17.8 Å². The van der Waals surface area contributed by atoms with Crippen LogP contribution in [-0.2, 0) is 9.59 Å². The standard InChI is InChI=1S/C14H20O2.C4H6O2/c1-9(13(15)16)5-14-6-10-2-11(7-14)4-12(3-10)8-14;1-3(2)4(5)6/h5,10-12H,2-4,6-8H2,1H3,(H,15,16);1H2,2H3,(H,5,6). The summed E-state index contributed by atoms with van der Waals surface area (Å²) in [5.74, 6) is 1.00. The monoisotopic (exact) mass is 306 g/mol. The van der Waals surface area contributed by atoms with E-state index in [1.165, 1.54) is 45.4 Å². The van der Waals surface area contributed by atoms with Crippen molar-refractivity contribution in [1.82, 2.24) is 0 Å². The van der Waals surface area contributed by atoms with Crippen molar-refractivity contribution in [2.24, 2.45) is 23.2 Å². The molecule has 122 valence electrons. The van der Waals surface area contributed by atoms with Crippen LogP contribution >= 0.6 is 0 Å². The molecule has 4 bridgehead atoms. The van der Waals surface area contributed by atoms with E-state index in [1.807, 2.05) is 0 Å². The molecule has 0 saturated heterocycles. The minimum absolute atomic E-state index is 0.176. The number of aliphatic carboxylic acids is 2. The first-order chi connectivity index (χ1) is 10.2. The highest BCUT2D eigenvalue weighted by atomic mass is 16.4. The second-order valence-electron chi connectivity index (χ2n) is 7.50. The number of carboxylic acids is 2. The maximum Gasteiger partial charge on any atom is 0.330 e. The van der Waals surface area contributed by atoms with E-state index in [4.69, 9.17) is 10.2 Å². The lowest BCUT2D eigenvalue weighted by Crippen LogP contribution is -2.45. The Kier molecular flexibility index (Phi) is 4.78. The van der Waals surface area contributed by atoms with Gasteiger partial charge in [-0.15, -0.1) is 0 Å². The molecule has 0 heterocycles. The molecule has 4 rings (SSSR count). The first kappa shape index (κ1) is 16.8. The summed E-state index contributed by atoms with van der Waals surface area (Å²) in [6.07, 6.45) is 10.1. The van der Waals surface area contributed by atoms with Crippen molar-refractivity contribution in [3.63, 3.8) is 0 Å². The third-order valence-corrected chi connectivity index (χ3v) is 5.31. The Morgan fingerprint density at radius 2 is 1.32 bits per heavy atom. The summed E-state index contributed by atoms with van der Waals surface area (Å²) in [5, 5.41) is 16.9. The number of allylic oxidation sites excluding steroid dienone is 1. The first-order valence-corrected chi connectivity index (χ1v) is 8.02. The fourth-order valence-electron chi connectivity index (χ4n) is 4.88. The van der Waals surface area contributed by atoms with Crippen LogP contribution in [0, 0.1) is 23.2 Å². The van der Waals surface area contributed by atoms with E-state index in [9.17, 15) is 9.59 Å². The molecule has 0 radical (unpaired) electrons. The van der Waals surface area contributed by atoms with Crippen LogP contribution in [-0.4, -0.2) is 22.2 Å². The Morgan fingerprint density at radius 3 is 1.59 bits per heavy atom. The average Bonchev–Trinajstić information content (AvgIpc) is 2.36. The molecule has 0 aromatic carbocycles. The fraction of sp³-hybridized carbons (Fsp3) is 0.667. The smallest absolute Gasteiger partial charge is 0.330 e. The maximum absolute atomic E-state index is 11.0. The molecule has 22 heavy (non-hydrogen) atoms. The number of hydrogen-bond donors (Lipinski definition) is 2. The van der Waals surface area contributed by atoms with Crippen LogP contribution in [0.2, 0.25) is 0 Å². The summed E-state index contributed by atoms with van der Waals surface area (Å²) >= 11 is 0. The van der Waals surface area contributed by atoms with Gasteiger partial charge in [0.25, 0.3) is 0 Å². The molecule has 4 heteroatoms. The summed E-state index contributed by atoms with van der Waals surface area (Å²) in [6, 6.07) is 0. The van der Waals surface area contributed by atoms with Gasteiger partial charge in [-0.25, -0.2) is 9.59 Å². The van der Waals surface area contributed by atoms with E-state index >= 15 is 0 Å². The first-order valence-electron chi connectivity index (χ1n) is 8.02. The van der Waals surface area contributed by atoms with Crippen LogP contribution in [0.15, 0.2) is 23.8 Å². The topological polar surface area (TPSA) is 74.6 Å². The van der Waals surface area contributed by atoms with Crippen LogP contribution in [0.5, 0.6) is 0 Å². The molecule has 4 aliphatic rings. The lowest BCUT2D eigenvalue weighted by Gasteiger charge is -2.56. The molecular formula is C18H26O4. The van der Waals surface area contributed by atoms with Crippen molar-refractivity contribution in [2.75, 3.05) is 0 Å². The van der Waals surface area contributed by atoms with Gasteiger partial charge in [0.05, 0.1) is 0 Å². The second kappa shape index (κ2) is 6.27. The average molecular weight is 306 g/mol. The third-order valence-electron chi connectivity index (χ3n) is 5.31. The highest BCUT2D eigenvalue weighted by Crippen LogP contribution is 2.60. The van der Waals surface area contributed by atoms with Gasteiger partial charge in [0.1, 0.15) is 0 Å². The van der Waals surface area contributed by atoms with Gasteiger partial charge in [0.2, 0.25) is 0 Å². The van der Waals surface area contributed by atoms with E-state index in [1.54, 1.807) is 6.92 Å². The van der Waals surface area contributed by atoms with Crippen molar-refractivity contribution < 1.29 is 19.8 Å². The van der Waals surface area contributed by atoms with Crippen LogP contribution in [0.1, 0.15) is 52.4 Å².